The lowest BCUT2D eigenvalue weighted by molar-refractivity contribution is -0.113. The minimum Gasteiger partial charge on any atom is -0.454 e. The number of thioether (sulfide) groups is 1. The molecule has 8 nitrogen and oxygen atoms in total. The van der Waals surface area contributed by atoms with E-state index < -0.39 is 11.7 Å². The molecule has 0 aliphatic carbocycles. The van der Waals surface area contributed by atoms with E-state index in [1.165, 1.54) is 36.0 Å². The van der Waals surface area contributed by atoms with Crippen molar-refractivity contribution in [2.75, 3.05) is 23.2 Å². The van der Waals surface area contributed by atoms with Crippen LogP contribution in [0.5, 0.6) is 11.5 Å². The van der Waals surface area contributed by atoms with Gasteiger partial charge in [0.2, 0.25) is 17.8 Å². The number of rotatable bonds is 6. The molecule has 11 heteroatoms. The van der Waals surface area contributed by atoms with Gasteiger partial charge in [0.1, 0.15) is 5.82 Å². The zero-order valence-electron chi connectivity index (χ0n) is 14.7. The molecule has 3 aromatic rings. The molecule has 0 spiro atoms. The first kappa shape index (κ1) is 19.2. The molecule has 0 bridgehead atoms. The van der Waals surface area contributed by atoms with Crippen molar-refractivity contribution < 1.29 is 23.5 Å². The van der Waals surface area contributed by atoms with Crippen LogP contribution in [0.2, 0.25) is 0 Å². The number of benzene rings is 2. The van der Waals surface area contributed by atoms with Crippen molar-refractivity contribution in [3.05, 3.63) is 53.8 Å². The Bertz CT molecular complexity index is 1060. The fourth-order valence-corrected chi connectivity index (χ4v) is 3.93. The summed E-state index contributed by atoms with van der Waals surface area (Å²) in [5, 5.41) is 13.5. The highest BCUT2D eigenvalue weighted by atomic mass is 32.2. The lowest BCUT2D eigenvalue weighted by atomic mass is 10.2. The molecule has 4 rings (SSSR count). The van der Waals surface area contributed by atoms with Gasteiger partial charge in [0.25, 0.3) is 5.91 Å². The molecule has 0 unspecified atom stereocenters. The second-order valence-corrected chi connectivity index (χ2v) is 7.94. The average Bonchev–Trinajstić information content (AvgIpc) is 3.35. The number of halogens is 1. The molecule has 0 atom stereocenters. The van der Waals surface area contributed by atoms with Gasteiger partial charge in [-0.05, 0) is 36.4 Å². The number of nitrogens with zero attached hydrogens (tertiary/aromatic N) is 2. The maximum Gasteiger partial charge on any atom is 0.257 e. The number of fused-ring (bicyclic) bond motifs is 1. The van der Waals surface area contributed by atoms with Crippen LogP contribution >= 0.6 is 23.1 Å². The van der Waals surface area contributed by atoms with E-state index in [0.717, 1.165) is 11.3 Å². The van der Waals surface area contributed by atoms with Gasteiger partial charge in [0, 0.05) is 17.3 Å². The molecule has 2 N–H and O–H groups in total. The SMILES string of the molecule is O=C(CSc1nnc(NC(=O)c2ccc(F)cc2)s1)Nc1ccc2c(c1)OCO2. The van der Waals surface area contributed by atoms with Crippen LogP contribution in [-0.2, 0) is 4.79 Å². The summed E-state index contributed by atoms with van der Waals surface area (Å²) in [6.45, 7) is 0.166. The topological polar surface area (TPSA) is 102 Å². The van der Waals surface area contributed by atoms with Gasteiger partial charge < -0.3 is 14.8 Å². The van der Waals surface area contributed by atoms with Crippen LogP contribution in [0.15, 0.2) is 46.8 Å². The van der Waals surface area contributed by atoms with Gasteiger partial charge in [-0.25, -0.2) is 4.39 Å². The molecule has 1 aliphatic rings. The minimum absolute atomic E-state index is 0.120. The first-order chi connectivity index (χ1) is 14.1. The zero-order valence-corrected chi connectivity index (χ0v) is 16.3. The number of carbonyl (C=O) groups is 2. The molecule has 29 heavy (non-hydrogen) atoms. The largest absolute Gasteiger partial charge is 0.454 e. The van der Waals surface area contributed by atoms with Crippen LogP contribution in [0.3, 0.4) is 0 Å². The van der Waals surface area contributed by atoms with E-state index >= 15 is 0 Å². The van der Waals surface area contributed by atoms with Gasteiger partial charge >= 0.3 is 0 Å². The number of amides is 2. The number of ether oxygens (including phenoxy) is 2. The highest BCUT2D eigenvalue weighted by molar-refractivity contribution is 8.01. The third-order valence-corrected chi connectivity index (χ3v) is 5.69. The van der Waals surface area contributed by atoms with Crippen molar-refractivity contribution >= 4 is 45.7 Å². The van der Waals surface area contributed by atoms with Crippen molar-refractivity contribution in [1.29, 1.82) is 0 Å². The summed E-state index contributed by atoms with van der Waals surface area (Å²) in [6.07, 6.45) is 0. The van der Waals surface area contributed by atoms with Crippen molar-refractivity contribution in [3.63, 3.8) is 0 Å². The maximum absolute atomic E-state index is 12.9. The highest BCUT2D eigenvalue weighted by Gasteiger charge is 2.15. The first-order valence-corrected chi connectivity index (χ1v) is 10.1. The summed E-state index contributed by atoms with van der Waals surface area (Å²) in [5.41, 5.74) is 0.906. The third-order valence-electron chi connectivity index (χ3n) is 3.72. The Hall–Kier alpha value is -3.18. The maximum atomic E-state index is 12.9. The van der Waals surface area contributed by atoms with Gasteiger partial charge in [0.05, 0.1) is 5.75 Å². The number of carbonyl (C=O) groups excluding carboxylic acids is 2. The molecule has 0 saturated heterocycles. The molecule has 2 aromatic carbocycles. The quantitative estimate of drug-likeness (QED) is 0.455. The first-order valence-electron chi connectivity index (χ1n) is 8.29. The highest BCUT2D eigenvalue weighted by Crippen LogP contribution is 2.34. The Morgan fingerprint density at radius 2 is 1.86 bits per heavy atom. The normalized spacial score (nSPS) is 11.9. The number of nitrogens with one attached hydrogen (secondary N) is 2. The number of anilines is 2. The lowest BCUT2D eigenvalue weighted by Crippen LogP contribution is -2.13. The molecular formula is C18H13FN4O4S2. The van der Waals surface area contributed by atoms with Gasteiger partial charge in [-0.15, -0.1) is 10.2 Å². The number of aromatic nitrogens is 2. The van der Waals surface area contributed by atoms with Gasteiger partial charge in [-0.1, -0.05) is 23.1 Å². The van der Waals surface area contributed by atoms with E-state index in [1.807, 2.05) is 0 Å². The van der Waals surface area contributed by atoms with Crippen molar-refractivity contribution in [1.82, 2.24) is 10.2 Å². The second kappa shape index (κ2) is 8.45. The molecule has 2 heterocycles. The van der Waals surface area contributed by atoms with Gasteiger partial charge in [-0.3, -0.25) is 14.9 Å². The molecule has 2 amide bonds. The van der Waals surface area contributed by atoms with E-state index in [0.29, 0.717) is 27.1 Å². The van der Waals surface area contributed by atoms with Crippen LogP contribution in [0.4, 0.5) is 15.2 Å². The lowest BCUT2D eigenvalue weighted by Gasteiger charge is -2.05. The van der Waals surface area contributed by atoms with E-state index in [1.54, 1.807) is 18.2 Å². The Morgan fingerprint density at radius 3 is 2.69 bits per heavy atom. The second-order valence-electron chi connectivity index (χ2n) is 5.74. The van der Waals surface area contributed by atoms with Crippen LogP contribution in [0.25, 0.3) is 0 Å². The molecule has 148 valence electrons. The fourth-order valence-electron chi connectivity index (χ4n) is 2.39. The summed E-state index contributed by atoms with van der Waals surface area (Å²) in [7, 11) is 0. The molecular weight excluding hydrogens is 419 g/mol. The van der Waals surface area contributed by atoms with E-state index in [4.69, 9.17) is 9.47 Å². The Morgan fingerprint density at radius 1 is 1.07 bits per heavy atom. The van der Waals surface area contributed by atoms with Crippen molar-refractivity contribution in [2.45, 2.75) is 4.34 Å². The number of hydrogen-bond donors (Lipinski definition) is 2. The summed E-state index contributed by atoms with van der Waals surface area (Å²) in [5.74, 6) is 0.284. The summed E-state index contributed by atoms with van der Waals surface area (Å²) in [6, 6.07) is 10.3. The Labute approximate surface area is 172 Å². The van der Waals surface area contributed by atoms with Crippen LogP contribution in [-0.4, -0.2) is 34.6 Å². The van der Waals surface area contributed by atoms with Crippen molar-refractivity contribution in [2.24, 2.45) is 0 Å². The van der Waals surface area contributed by atoms with Gasteiger partial charge in [0.15, 0.2) is 15.8 Å². The van der Waals surface area contributed by atoms with E-state index in [9.17, 15) is 14.0 Å². The van der Waals surface area contributed by atoms with Gasteiger partial charge in [-0.2, -0.15) is 0 Å². The zero-order chi connectivity index (χ0) is 20.2. The average molecular weight is 432 g/mol. The molecule has 0 fully saturated rings. The molecule has 0 radical (unpaired) electrons. The van der Waals surface area contributed by atoms with E-state index in [-0.39, 0.29) is 23.6 Å². The molecule has 0 saturated carbocycles. The predicted octanol–water partition coefficient (Wildman–Crippen LogP) is 3.39. The fraction of sp³-hybridized carbons (Fsp3) is 0.111. The number of hydrogen-bond acceptors (Lipinski definition) is 8. The summed E-state index contributed by atoms with van der Waals surface area (Å²) in [4.78, 5) is 24.2. The van der Waals surface area contributed by atoms with E-state index in [2.05, 4.69) is 20.8 Å². The van der Waals surface area contributed by atoms with Crippen LogP contribution in [0, 0.1) is 5.82 Å². The van der Waals surface area contributed by atoms with Crippen LogP contribution < -0.4 is 20.1 Å². The molecule has 1 aliphatic heterocycles. The Kier molecular flexibility index (Phi) is 5.58. The minimum atomic E-state index is -0.421. The third kappa shape index (κ3) is 4.81. The molecule has 1 aromatic heterocycles. The Balaban J connectivity index is 1.28. The summed E-state index contributed by atoms with van der Waals surface area (Å²) >= 11 is 2.34. The summed E-state index contributed by atoms with van der Waals surface area (Å²) < 4.78 is 24.0. The monoisotopic (exact) mass is 432 g/mol. The van der Waals surface area contributed by atoms with Crippen molar-refractivity contribution in [3.8, 4) is 11.5 Å². The van der Waals surface area contributed by atoms with Crippen LogP contribution in [0.1, 0.15) is 10.4 Å². The predicted molar refractivity (Wildman–Crippen MR) is 106 cm³/mol. The smallest absolute Gasteiger partial charge is 0.257 e. The standard InChI is InChI=1S/C18H13FN4O4S2/c19-11-3-1-10(2-4-11)16(25)21-17-22-23-18(29-17)28-8-15(24)20-12-5-6-13-14(7-12)27-9-26-13/h1-7H,8-9H2,(H,20,24)(H,21,22,25).